The standard InChI is InChI=1S/C18H15ClN2O2/c1-11-16(18(22)21-14-5-3-13(19)4-6-14)10-12-9-15(23-2)7-8-17(12)20-11/h3-10H,1-2H3,(H,21,22). The minimum atomic E-state index is -0.206. The van der Waals surface area contributed by atoms with E-state index in [1.54, 1.807) is 31.4 Å². The lowest BCUT2D eigenvalue weighted by molar-refractivity contribution is 0.102. The monoisotopic (exact) mass is 326 g/mol. The van der Waals surface area contributed by atoms with Crippen molar-refractivity contribution in [1.82, 2.24) is 4.98 Å². The van der Waals surface area contributed by atoms with Crippen molar-refractivity contribution in [2.75, 3.05) is 12.4 Å². The lowest BCUT2D eigenvalue weighted by Crippen LogP contribution is -2.14. The van der Waals surface area contributed by atoms with Gasteiger partial charge in [0.25, 0.3) is 5.91 Å². The fraction of sp³-hybridized carbons (Fsp3) is 0.111. The largest absolute Gasteiger partial charge is 0.497 e. The predicted octanol–water partition coefficient (Wildman–Crippen LogP) is 4.46. The summed E-state index contributed by atoms with van der Waals surface area (Å²) in [5.74, 6) is 0.522. The fourth-order valence-electron chi connectivity index (χ4n) is 2.34. The average molecular weight is 327 g/mol. The van der Waals surface area contributed by atoms with Gasteiger partial charge in [-0.1, -0.05) is 11.6 Å². The van der Waals surface area contributed by atoms with E-state index in [0.717, 1.165) is 16.7 Å². The van der Waals surface area contributed by atoms with Gasteiger partial charge in [-0.2, -0.15) is 0 Å². The second kappa shape index (κ2) is 6.26. The minimum absolute atomic E-state index is 0.206. The number of aryl methyl sites for hydroxylation is 1. The Bertz CT molecular complexity index is 876. The van der Waals surface area contributed by atoms with E-state index in [9.17, 15) is 4.79 Å². The first-order chi connectivity index (χ1) is 11.1. The number of nitrogens with zero attached hydrogens (tertiary/aromatic N) is 1. The number of aromatic nitrogens is 1. The highest BCUT2D eigenvalue weighted by atomic mass is 35.5. The van der Waals surface area contributed by atoms with Gasteiger partial charge in [0.2, 0.25) is 0 Å². The zero-order chi connectivity index (χ0) is 16.4. The van der Waals surface area contributed by atoms with E-state index < -0.39 is 0 Å². The number of halogens is 1. The molecule has 3 aromatic rings. The summed E-state index contributed by atoms with van der Waals surface area (Å²) >= 11 is 5.85. The van der Waals surface area contributed by atoms with Gasteiger partial charge in [-0.25, -0.2) is 0 Å². The molecule has 0 aliphatic carbocycles. The van der Waals surface area contributed by atoms with Crippen LogP contribution in [0.4, 0.5) is 5.69 Å². The molecular weight excluding hydrogens is 312 g/mol. The van der Waals surface area contributed by atoms with Crippen molar-refractivity contribution in [3.8, 4) is 5.75 Å². The van der Waals surface area contributed by atoms with Crippen molar-refractivity contribution in [2.24, 2.45) is 0 Å². The van der Waals surface area contributed by atoms with Crippen LogP contribution in [-0.2, 0) is 0 Å². The molecule has 1 aromatic heterocycles. The van der Waals surface area contributed by atoms with Gasteiger partial charge >= 0.3 is 0 Å². The van der Waals surface area contributed by atoms with E-state index in [-0.39, 0.29) is 5.91 Å². The molecule has 0 bridgehead atoms. The molecule has 0 radical (unpaired) electrons. The van der Waals surface area contributed by atoms with E-state index in [4.69, 9.17) is 16.3 Å². The van der Waals surface area contributed by atoms with Crippen LogP contribution in [0.5, 0.6) is 5.75 Å². The summed E-state index contributed by atoms with van der Waals surface area (Å²) in [6.45, 7) is 1.82. The van der Waals surface area contributed by atoms with Crippen molar-refractivity contribution >= 4 is 34.1 Å². The minimum Gasteiger partial charge on any atom is -0.497 e. The van der Waals surface area contributed by atoms with E-state index in [2.05, 4.69) is 10.3 Å². The number of carbonyl (C=O) groups excluding carboxylic acids is 1. The summed E-state index contributed by atoms with van der Waals surface area (Å²) in [6, 6.07) is 14.4. The Balaban J connectivity index is 1.95. The lowest BCUT2D eigenvalue weighted by Gasteiger charge is -2.09. The first kappa shape index (κ1) is 15.3. The maximum absolute atomic E-state index is 12.5. The number of anilines is 1. The van der Waals surface area contributed by atoms with Gasteiger partial charge in [0, 0.05) is 16.1 Å². The number of nitrogens with one attached hydrogen (secondary N) is 1. The van der Waals surface area contributed by atoms with Crippen LogP contribution < -0.4 is 10.1 Å². The zero-order valence-corrected chi connectivity index (χ0v) is 13.5. The van der Waals surface area contributed by atoms with E-state index in [1.165, 1.54) is 0 Å². The predicted molar refractivity (Wildman–Crippen MR) is 92.4 cm³/mol. The fourth-order valence-corrected chi connectivity index (χ4v) is 2.47. The molecule has 23 heavy (non-hydrogen) atoms. The highest BCUT2D eigenvalue weighted by molar-refractivity contribution is 6.30. The third kappa shape index (κ3) is 3.27. The summed E-state index contributed by atoms with van der Waals surface area (Å²) in [6.07, 6.45) is 0. The number of hydrogen-bond acceptors (Lipinski definition) is 3. The number of rotatable bonds is 3. The van der Waals surface area contributed by atoms with Crippen LogP contribution >= 0.6 is 11.6 Å². The van der Waals surface area contributed by atoms with Crippen LogP contribution in [0.25, 0.3) is 10.9 Å². The number of benzene rings is 2. The Kier molecular flexibility index (Phi) is 4.17. The van der Waals surface area contributed by atoms with Gasteiger partial charge in [0.1, 0.15) is 5.75 Å². The Morgan fingerprint density at radius 3 is 2.57 bits per heavy atom. The van der Waals surface area contributed by atoms with Gasteiger partial charge in [0.05, 0.1) is 23.9 Å². The third-order valence-electron chi connectivity index (χ3n) is 3.56. The molecule has 5 heteroatoms. The number of pyridine rings is 1. The number of ether oxygens (including phenoxy) is 1. The zero-order valence-electron chi connectivity index (χ0n) is 12.8. The first-order valence-corrected chi connectivity index (χ1v) is 7.47. The molecule has 1 amide bonds. The smallest absolute Gasteiger partial charge is 0.257 e. The molecule has 0 unspecified atom stereocenters. The van der Waals surface area contributed by atoms with Gasteiger partial charge < -0.3 is 10.1 Å². The highest BCUT2D eigenvalue weighted by Gasteiger charge is 2.12. The van der Waals surface area contributed by atoms with Crippen molar-refractivity contribution in [2.45, 2.75) is 6.92 Å². The molecule has 0 atom stereocenters. The Morgan fingerprint density at radius 1 is 1.13 bits per heavy atom. The number of hydrogen-bond donors (Lipinski definition) is 1. The molecule has 3 rings (SSSR count). The van der Waals surface area contributed by atoms with Crippen LogP contribution in [-0.4, -0.2) is 18.0 Å². The van der Waals surface area contributed by atoms with Crippen molar-refractivity contribution in [3.05, 3.63) is 64.8 Å². The number of amides is 1. The summed E-state index contributed by atoms with van der Waals surface area (Å²) in [7, 11) is 1.61. The van der Waals surface area contributed by atoms with Crippen molar-refractivity contribution in [1.29, 1.82) is 0 Å². The Hall–Kier alpha value is -2.59. The molecular formula is C18H15ClN2O2. The number of carbonyl (C=O) groups is 1. The topological polar surface area (TPSA) is 51.2 Å². The molecule has 4 nitrogen and oxygen atoms in total. The second-order valence-electron chi connectivity index (χ2n) is 5.14. The Morgan fingerprint density at radius 2 is 1.87 bits per heavy atom. The molecule has 0 fully saturated rings. The van der Waals surface area contributed by atoms with Gasteiger partial charge in [-0.3, -0.25) is 9.78 Å². The van der Waals surface area contributed by atoms with E-state index in [0.29, 0.717) is 22.0 Å². The molecule has 0 aliphatic rings. The van der Waals surface area contributed by atoms with Gasteiger partial charge in [-0.15, -0.1) is 0 Å². The van der Waals surface area contributed by atoms with E-state index in [1.807, 2.05) is 31.2 Å². The van der Waals surface area contributed by atoms with Crippen LogP contribution in [0.2, 0.25) is 5.02 Å². The van der Waals surface area contributed by atoms with Crippen LogP contribution in [0.3, 0.4) is 0 Å². The normalized spacial score (nSPS) is 10.6. The third-order valence-corrected chi connectivity index (χ3v) is 3.81. The number of methoxy groups -OCH3 is 1. The molecule has 2 aromatic carbocycles. The highest BCUT2D eigenvalue weighted by Crippen LogP contribution is 2.23. The van der Waals surface area contributed by atoms with Crippen molar-refractivity contribution < 1.29 is 9.53 Å². The molecule has 116 valence electrons. The van der Waals surface area contributed by atoms with Crippen LogP contribution in [0, 0.1) is 6.92 Å². The Labute approximate surface area is 139 Å². The molecule has 0 saturated carbocycles. The maximum atomic E-state index is 12.5. The summed E-state index contributed by atoms with van der Waals surface area (Å²) in [4.78, 5) is 17.0. The first-order valence-electron chi connectivity index (χ1n) is 7.09. The molecule has 0 spiro atoms. The maximum Gasteiger partial charge on any atom is 0.257 e. The SMILES string of the molecule is COc1ccc2nc(C)c(C(=O)Nc3ccc(Cl)cc3)cc2c1. The van der Waals surface area contributed by atoms with Crippen LogP contribution in [0.1, 0.15) is 16.1 Å². The van der Waals surface area contributed by atoms with Gasteiger partial charge in [0.15, 0.2) is 0 Å². The average Bonchev–Trinajstić information content (AvgIpc) is 2.55. The number of fused-ring (bicyclic) bond motifs is 1. The summed E-state index contributed by atoms with van der Waals surface area (Å²) < 4.78 is 5.22. The van der Waals surface area contributed by atoms with E-state index >= 15 is 0 Å². The molecule has 1 N–H and O–H groups in total. The molecule has 0 saturated heterocycles. The molecule has 0 aliphatic heterocycles. The lowest BCUT2D eigenvalue weighted by atomic mass is 10.1. The summed E-state index contributed by atoms with van der Waals surface area (Å²) in [5.41, 5.74) is 2.71. The molecule has 1 heterocycles. The second-order valence-corrected chi connectivity index (χ2v) is 5.58. The quantitative estimate of drug-likeness (QED) is 0.773. The van der Waals surface area contributed by atoms with Crippen molar-refractivity contribution in [3.63, 3.8) is 0 Å². The summed E-state index contributed by atoms with van der Waals surface area (Å²) in [5, 5.41) is 4.33. The van der Waals surface area contributed by atoms with Crippen LogP contribution in [0.15, 0.2) is 48.5 Å². The van der Waals surface area contributed by atoms with Gasteiger partial charge in [-0.05, 0) is 55.5 Å².